The molecule has 0 N–H and O–H groups in total. The molecule has 0 amide bonds. The lowest BCUT2D eigenvalue weighted by Crippen LogP contribution is -2.22. The molecule has 0 bridgehead atoms. The Kier molecular flexibility index (Phi) is 2.63. The molecule has 76 valence electrons. The molecule has 0 saturated carbocycles. The number of carbonyl (C=O) groups is 1. The van der Waals surface area contributed by atoms with Crippen LogP contribution in [-0.2, 0) is 0 Å². The molecule has 14 heavy (non-hydrogen) atoms. The Balaban J connectivity index is 2.17. The minimum Gasteiger partial charge on any atom is -0.359 e. The molecule has 1 aromatic heterocycles. The first-order chi connectivity index (χ1) is 6.85. The van der Waals surface area contributed by atoms with Crippen molar-refractivity contribution >= 4 is 6.29 Å². The molecule has 1 fully saturated rings. The van der Waals surface area contributed by atoms with Gasteiger partial charge in [-0.25, -0.2) is 0 Å². The average molecular weight is 194 g/mol. The van der Waals surface area contributed by atoms with E-state index in [2.05, 4.69) is 17.0 Å². The molecule has 1 atom stereocenters. The van der Waals surface area contributed by atoms with Gasteiger partial charge < -0.3 is 4.52 Å². The van der Waals surface area contributed by atoms with E-state index in [4.69, 9.17) is 4.52 Å². The summed E-state index contributed by atoms with van der Waals surface area (Å²) in [6.07, 6.45) is 3.01. The maximum absolute atomic E-state index is 10.4. The minimum absolute atomic E-state index is 0.321. The normalized spacial score (nSPS) is 22.8. The summed E-state index contributed by atoms with van der Waals surface area (Å²) in [5, 5.41) is 3.68. The van der Waals surface area contributed by atoms with Gasteiger partial charge in [-0.2, -0.15) is 0 Å². The zero-order valence-electron chi connectivity index (χ0n) is 8.27. The van der Waals surface area contributed by atoms with E-state index in [1.165, 1.54) is 6.42 Å². The minimum atomic E-state index is 0.321. The largest absolute Gasteiger partial charge is 0.359 e. The number of hydrogen-bond acceptors (Lipinski definition) is 4. The number of aromatic nitrogens is 1. The number of carbonyl (C=O) groups excluding carboxylic acids is 1. The van der Waals surface area contributed by atoms with E-state index in [1.807, 2.05) is 0 Å². The van der Waals surface area contributed by atoms with Gasteiger partial charge in [0.25, 0.3) is 0 Å². The van der Waals surface area contributed by atoms with Crippen LogP contribution >= 0.6 is 0 Å². The van der Waals surface area contributed by atoms with Gasteiger partial charge in [-0.1, -0.05) is 12.1 Å². The van der Waals surface area contributed by atoms with Gasteiger partial charge in [-0.15, -0.1) is 0 Å². The van der Waals surface area contributed by atoms with Crippen LogP contribution in [0.5, 0.6) is 0 Å². The summed E-state index contributed by atoms with van der Waals surface area (Å²) in [5.74, 6) is 0.825. The second-order valence-corrected chi connectivity index (χ2v) is 3.56. The first-order valence-corrected chi connectivity index (χ1v) is 5.01. The Morgan fingerprint density at radius 3 is 3.29 bits per heavy atom. The van der Waals surface area contributed by atoms with Gasteiger partial charge in [-0.05, 0) is 25.9 Å². The molecule has 1 aliphatic heterocycles. The smallest absolute Gasteiger partial charge is 0.171 e. The van der Waals surface area contributed by atoms with E-state index in [0.29, 0.717) is 11.7 Å². The third-order valence-electron chi connectivity index (χ3n) is 2.77. The van der Waals surface area contributed by atoms with Crippen LogP contribution in [-0.4, -0.2) is 29.4 Å². The molecule has 1 unspecified atom stereocenters. The predicted octanol–water partition coefficient (Wildman–Crippen LogP) is 1.64. The van der Waals surface area contributed by atoms with Crippen molar-refractivity contribution in [1.82, 2.24) is 10.1 Å². The molecule has 0 aliphatic carbocycles. The molecule has 0 aromatic carbocycles. The fraction of sp³-hybridized carbons (Fsp3) is 0.600. The standard InChI is InChI=1S/C10H14N2O2/c1-2-12-5-3-4-9(12)10-6-8(7-13)11-14-10/h6-7,9H,2-5H2,1H3. The van der Waals surface area contributed by atoms with Crippen LogP contribution in [0.15, 0.2) is 10.6 Å². The first kappa shape index (κ1) is 9.40. The number of rotatable bonds is 3. The highest BCUT2D eigenvalue weighted by Gasteiger charge is 2.27. The van der Waals surface area contributed by atoms with Crippen molar-refractivity contribution in [3.63, 3.8) is 0 Å². The van der Waals surface area contributed by atoms with Crippen LogP contribution in [0.2, 0.25) is 0 Å². The zero-order chi connectivity index (χ0) is 9.97. The molecule has 1 saturated heterocycles. The van der Waals surface area contributed by atoms with Crippen molar-refractivity contribution in [2.45, 2.75) is 25.8 Å². The van der Waals surface area contributed by atoms with Crippen LogP contribution in [0.1, 0.15) is 42.1 Å². The monoisotopic (exact) mass is 194 g/mol. The van der Waals surface area contributed by atoms with E-state index in [-0.39, 0.29) is 0 Å². The quantitative estimate of drug-likeness (QED) is 0.686. The van der Waals surface area contributed by atoms with Crippen molar-refractivity contribution in [1.29, 1.82) is 0 Å². The van der Waals surface area contributed by atoms with Crippen LogP contribution in [0.4, 0.5) is 0 Å². The molecule has 1 aromatic rings. The molecular weight excluding hydrogens is 180 g/mol. The summed E-state index contributed by atoms with van der Waals surface area (Å²) in [7, 11) is 0. The van der Waals surface area contributed by atoms with Crippen LogP contribution < -0.4 is 0 Å². The van der Waals surface area contributed by atoms with Crippen molar-refractivity contribution in [3.05, 3.63) is 17.5 Å². The van der Waals surface area contributed by atoms with Gasteiger partial charge in [0, 0.05) is 6.07 Å². The second-order valence-electron chi connectivity index (χ2n) is 3.56. The SMILES string of the molecule is CCN1CCCC1c1cc(C=O)no1. The number of aldehydes is 1. The van der Waals surface area contributed by atoms with Crippen molar-refractivity contribution in [2.75, 3.05) is 13.1 Å². The summed E-state index contributed by atoms with van der Waals surface area (Å²) < 4.78 is 5.15. The topological polar surface area (TPSA) is 46.3 Å². The summed E-state index contributed by atoms with van der Waals surface area (Å²) >= 11 is 0. The Labute approximate surface area is 82.9 Å². The van der Waals surface area contributed by atoms with Crippen LogP contribution in [0.3, 0.4) is 0 Å². The maximum atomic E-state index is 10.4. The van der Waals surface area contributed by atoms with E-state index < -0.39 is 0 Å². The molecule has 4 nitrogen and oxygen atoms in total. The Morgan fingerprint density at radius 1 is 1.79 bits per heavy atom. The third kappa shape index (κ3) is 1.57. The van der Waals surface area contributed by atoms with Gasteiger partial charge >= 0.3 is 0 Å². The Morgan fingerprint density at radius 2 is 2.64 bits per heavy atom. The van der Waals surface area contributed by atoms with Crippen molar-refractivity contribution in [3.8, 4) is 0 Å². The summed E-state index contributed by atoms with van der Waals surface area (Å²) in [6, 6.07) is 2.06. The maximum Gasteiger partial charge on any atom is 0.171 e. The molecular formula is C10H14N2O2. The molecule has 2 heterocycles. The predicted molar refractivity (Wildman–Crippen MR) is 51.1 cm³/mol. The molecule has 0 spiro atoms. The number of hydrogen-bond donors (Lipinski definition) is 0. The number of nitrogens with zero attached hydrogens (tertiary/aromatic N) is 2. The van der Waals surface area contributed by atoms with Crippen molar-refractivity contribution in [2.24, 2.45) is 0 Å². The zero-order valence-corrected chi connectivity index (χ0v) is 8.27. The van der Waals surface area contributed by atoms with Crippen molar-refractivity contribution < 1.29 is 9.32 Å². The lowest BCUT2D eigenvalue weighted by molar-refractivity contribution is 0.111. The van der Waals surface area contributed by atoms with Gasteiger partial charge in [0.1, 0.15) is 5.69 Å². The lowest BCUT2D eigenvalue weighted by atomic mass is 10.1. The fourth-order valence-electron chi connectivity index (χ4n) is 2.04. The Hall–Kier alpha value is -1.16. The lowest BCUT2D eigenvalue weighted by Gasteiger charge is -2.19. The van der Waals surface area contributed by atoms with Crippen LogP contribution in [0, 0.1) is 0 Å². The number of likely N-dealkylation sites (tertiary alicyclic amines) is 1. The summed E-state index contributed by atoms with van der Waals surface area (Å²) in [6.45, 7) is 4.26. The van der Waals surface area contributed by atoms with Gasteiger partial charge in [-0.3, -0.25) is 9.69 Å². The van der Waals surface area contributed by atoms with Gasteiger partial charge in [0.15, 0.2) is 12.0 Å². The highest BCUT2D eigenvalue weighted by molar-refractivity contribution is 5.71. The van der Waals surface area contributed by atoms with E-state index in [9.17, 15) is 4.79 Å². The molecule has 2 rings (SSSR count). The highest BCUT2D eigenvalue weighted by Crippen LogP contribution is 2.31. The van der Waals surface area contributed by atoms with Gasteiger partial charge in [0.2, 0.25) is 0 Å². The van der Waals surface area contributed by atoms with E-state index in [1.54, 1.807) is 6.07 Å². The third-order valence-corrected chi connectivity index (χ3v) is 2.77. The average Bonchev–Trinajstić information content (AvgIpc) is 2.85. The van der Waals surface area contributed by atoms with Crippen LogP contribution in [0.25, 0.3) is 0 Å². The fourth-order valence-corrected chi connectivity index (χ4v) is 2.04. The molecule has 4 heteroatoms. The molecule has 1 aliphatic rings. The second kappa shape index (κ2) is 3.92. The van der Waals surface area contributed by atoms with E-state index in [0.717, 1.165) is 31.6 Å². The van der Waals surface area contributed by atoms with Gasteiger partial charge in [0.05, 0.1) is 6.04 Å². The Bertz CT molecular complexity index is 322. The highest BCUT2D eigenvalue weighted by atomic mass is 16.5. The summed E-state index contributed by atoms with van der Waals surface area (Å²) in [5.41, 5.74) is 0.392. The summed E-state index contributed by atoms with van der Waals surface area (Å²) in [4.78, 5) is 12.8. The van der Waals surface area contributed by atoms with E-state index >= 15 is 0 Å². The first-order valence-electron chi connectivity index (χ1n) is 5.01. The molecule has 0 radical (unpaired) electrons.